The summed E-state index contributed by atoms with van der Waals surface area (Å²) in [6.45, 7) is -1.72. The summed E-state index contributed by atoms with van der Waals surface area (Å²) in [7, 11) is 2.93. The average molecular weight is 387 g/mol. The van der Waals surface area contributed by atoms with Crippen molar-refractivity contribution in [3.05, 3.63) is 27.2 Å². The Labute approximate surface area is 156 Å². The normalized spacial score (nSPS) is 14.9. The molecular weight excluding hydrogens is 364 g/mol. The second-order valence-electron chi connectivity index (χ2n) is 5.80. The number of nitrogens with zero attached hydrogens (tertiary/aromatic N) is 4. The first-order chi connectivity index (χ1) is 13.5. The lowest BCUT2D eigenvalue weighted by Crippen LogP contribution is -2.42. The minimum Gasteiger partial charge on any atom is -0.481 e. The van der Waals surface area contributed by atoms with E-state index < -0.39 is 54.4 Å². The van der Waals surface area contributed by atoms with Gasteiger partial charge in [0.15, 0.2) is 16.8 Å². The van der Waals surface area contributed by atoms with Crippen molar-refractivity contribution < 1.29 is 33.8 Å². The van der Waals surface area contributed by atoms with Crippen molar-refractivity contribution in [1.29, 1.82) is 0 Å². The van der Waals surface area contributed by atoms with Gasteiger partial charge < -0.3 is 19.9 Å². The Morgan fingerprint density at radius 1 is 1.19 bits per heavy atom. The van der Waals surface area contributed by atoms with Gasteiger partial charge in [0.1, 0.15) is 5.78 Å². The summed E-state index contributed by atoms with van der Waals surface area (Å²) in [4.78, 5) is 58.7. The molecule has 2 rings (SSSR count). The minimum absolute atomic E-state index is 0.0863. The maximum atomic E-state index is 12.0. The molecule has 2 heterocycles. The molecule has 1 unspecified atom stereocenters. The van der Waals surface area contributed by atoms with Crippen LogP contribution >= 0.6 is 0 Å². The van der Waals surface area contributed by atoms with E-state index >= 15 is 0 Å². The van der Waals surface area contributed by atoms with E-state index in [1.165, 1.54) is 17.9 Å². The van der Waals surface area contributed by atoms with Crippen LogP contribution in [0.1, 0.15) is 23.9 Å². The van der Waals surface area contributed by atoms with Crippen LogP contribution in [0.4, 0.5) is 0 Å². The maximum Gasteiger partial charge on any atom is 0.336 e. The van der Waals surface area contributed by atoms with E-state index in [2.05, 4.69) is 4.98 Å². The molecule has 0 bridgehead atoms. The number of fused-ring (bicyclic) bond motifs is 1. The number of ketones is 1. The van der Waals surface area contributed by atoms with E-state index in [4.69, 9.17) is 14.3 Å². The molecule has 0 aliphatic rings. The van der Waals surface area contributed by atoms with Crippen molar-refractivity contribution in [2.24, 2.45) is 21.1 Å². The van der Waals surface area contributed by atoms with E-state index in [0.717, 1.165) is 11.5 Å². The van der Waals surface area contributed by atoms with Crippen LogP contribution in [-0.4, -0.2) is 57.3 Å². The summed E-state index contributed by atoms with van der Waals surface area (Å²) in [5, 5.41) is 26.0. The Balaban J connectivity index is 0.000000314. The van der Waals surface area contributed by atoms with Gasteiger partial charge in [-0.25, -0.2) is 14.6 Å². The number of aliphatic carboxylic acids is 2. The van der Waals surface area contributed by atoms with Gasteiger partial charge in [-0.2, -0.15) is 0 Å². The van der Waals surface area contributed by atoms with Gasteiger partial charge in [0, 0.05) is 31.6 Å². The number of carboxylic acid groups (broad SMARTS) is 2. The summed E-state index contributed by atoms with van der Waals surface area (Å²) in [6.07, 6.45) is -0.327. The molecule has 2 aromatic heterocycles. The number of carbonyl (C=O) groups excluding carboxylic acids is 1. The topological polar surface area (TPSA) is 174 Å². The standard InChI is InChI=1S/C8H10N4O2.C7H10O6/c1-10-4-9-6-5(10)7(13)12(3)8(14)11(6)2;1-4(8)2-7(13,6(11)12)3-5(9)10/h4H,1-3H3;13H,2-3H2,1H3,(H,9,10)(H,11,12)/i3D3;. The Morgan fingerprint density at radius 3 is 2.22 bits per heavy atom. The molecule has 0 aliphatic heterocycles. The van der Waals surface area contributed by atoms with Crippen molar-refractivity contribution in [3.63, 3.8) is 0 Å². The van der Waals surface area contributed by atoms with Crippen LogP contribution in [0.15, 0.2) is 15.9 Å². The first-order valence-electron chi connectivity index (χ1n) is 8.83. The third kappa shape index (κ3) is 4.67. The van der Waals surface area contributed by atoms with Crippen molar-refractivity contribution in [2.45, 2.75) is 25.4 Å². The SMILES string of the molecule is CC(=O)CC(O)(CC(=O)O)C(=O)O.[2H]C([2H])([2H])n1c(=O)c2c(ncn2C)n(C)c1=O. The van der Waals surface area contributed by atoms with Crippen LogP contribution in [0.5, 0.6) is 0 Å². The highest BCUT2D eigenvalue weighted by Gasteiger charge is 2.39. The average Bonchev–Trinajstić information content (AvgIpc) is 2.92. The van der Waals surface area contributed by atoms with Gasteiger partial charge in [-0.05, 0) is 6.92 Å². The number of aromatic nitrogens is 4. The summed E-state index contributed by atoms with van der Waals surface area (Å²) in [6, 6.07) is 0. The number of hydrogen-bond donors (Lipinski definition) is 3. The number of aliphatic hydroxyl groups is 1. The van der Waals surface area contributed by atoms with E-state index in [1.54, 1.807) is 7.05 Å². The van der Waals surface area contributed by atoms with Gasteiger partial charge in [0.25, 0.3) is 5.56 Å². The molecule has 12 nitrogen and oxygen atoms in total. The fourth-order valence-electron chi connectivity index (χ4n) is 2.22. The van der Waals surface area contributed by atoms with Crippen LogP contribution in [0.25, 0.3) is 11.2 Å². The number of carboxylic acids is 2. The van der Waals surface area contributed by atoms with E-state index in [1.807, 2.05) is 0 Å². The molecule has 0 amide bonds. The van der Waals surface area contributed by atoms with Crippen LogP contribution < -0.4 is 11.2 Å². The lowest BCUT2D eigenvalue weighted by Gasteiger charge is -2.19. The lowest BCUT2D eigenvalue weighted by molar-refractivity contribution is -0.167. The van der Waals surface area contributed by atoms with Crippen LogP contribution in [0, 0.1) is 0 Å². The Morgan fingerprint density at radius 2 is 1.78 bits per heavy atom. The summed E-state index contributed by atoms with van der Waals surface area (Å²) in [5.74, 6) is -3.75. The Bertz CT molecular complexity index is 1100. The third-order valence-electron chi connectivity index (χ3n) is 3.50. The maximum absolute atomic E-state index is 12.0. The van der Waals surface area contributed by atoms with Gasteiger partial charge in [0.2, 0.25) is 0 Å². The number of hydrogen-bond acceptors (Lipinski definition) is 7. The van der Waals surface area contributed by atoms with Crippen molar-refractivity contribution in [3.8, 4) is 0 Å². The predicted molar refractivity (Wildman–Crippen MR) is 91.3 cm³/mol. The number of Topliss-reactive ketones (excluding diaryl/α,β-unsaturated/α-hetero) is 1. The van der Waals surface area contributed by atoms with Gasteiger partial charge in [-0.1, -0.05) is 0 Å². The Hall–Kier alpha value is -3.28. The van der Waals surface area contributed by atoms with Crippen molar-refractivity contribution in [1.82, 2.24) is 18.7 Å². The molecule has 3 N–H and O–H groups in total. The second-order valence-corrected chi connectivity index (χ2v) is 5.80. The predicted octanol–water partition coefficient (Wildman–Crippen LogP) is -1.77. The zero-order valence-corrected chi connectivity index (χ0v) is 14.7. The molecule has 0 saturated carbocycles. The zero-order chi connectivity index (χ0) is 23.6. The quantitative estimate of drug-likeness (QED) is 0.536. The van der Waals surface area contributed by atoms with Gasteiger partial charge in [0.05, 0.1) is 12.7 Å². The molecule has 0 spiro atoms. The zero-order valence-electron chi connectivity index (χ0n) is 17.7. The Kier molecular flexibility index (Phi) is 5.05. The summed E-state index contributed by atoms with van der Waals surface area (Å²) >= 11 is 0. The molecule has 0 radical (unpaired) electrons. The van der Waals surface area contributed by atoms with Crippen molar-refractivity contribution >= 4 is 28.9 Å². The van der Waals surface area contributed by atoms with Gasteiger partial charge in [-0.15, -0.1) is 0 Å². The van der Waals surface area contributed by atoms with Gasteiger partial charge in [-0.3, -0.25) is 23.5 Å². The molecule has 0 saturated heterocycles. The largest absolute Gasteiger partial charge is 0.481 e. The fourth-order valence-corrected chi connectivity index (χ4v) is 2.22. The molecule has 27 heavy (non-hydrogen) atoms. The number of rotatable bonds is 5. The fraction of sp³-hybridized carbons (Fsp3) is 0.467. The highest BCUT2D eigenvalue weighted by Crippen LogP contribution is 2.16. The molecule has 1 atom stereocenters. The monoisotopic (exact) mass is 387 g/mol. The highest BCUT2D eigenvalue weighted by molar-refractivity contribution is 5.90. The molecular formula is C15H20N4O8. The minimum atomic E-state index is -2.80. The molecule has 0 aromatic carbocycles. The molecule has 0 aliphatic carbocycles. The van der Waals surface area contributed by atoms with Crippen molar-refractivity contribution in [2.75, 3.05) is 0 Å². The highest BCUT2D eigenvalue weighted by atomic mass is 16.4. The number of imidazole rings is 1. The van der Waals surface area contributed by atoms with Crippen LogP contribution in [-0.2, 0) is 35.5 Å². The summed E-state index contributed by atoms with van der Waals surface area (Å²) in [5.41, 5.74) is -3.99. The first-order valence-corrected chi connectivity index (χ1v) is 7.33. The first kappa shape index (κ1) is 17.1. The van der Waals surface area contributed by atoms with E-state index in [9.17, 15) is 29.1 Å². The summed E-state index contributed by atoms with van der Waals surface area (Å²) < 4.78 is 24.3. The molecule has 12 heteroatoms. The third-order valence-corrected chi connectivity index (χ3v) is 3.50. The van der Waals surface area contributed by atoms with Gasteiger partial charge >= 0.3 is 17.6 Å². The van der Waals surface area contributed by atoms with Crippen LogP contribution in [0.3, 0.4) is 0 Å². The second kappa shape index (κ2) is 7.95. The molecule has 148 valence electrons. The lowest BCUT2D eigenvalue weighted by atomic mass is 9.94. The smallest absolute Gasteiger partial charge is 0.336 e. The molecule has 0 fully saturated rings. The number of aryl methyl sites for hydroxylation is 2. The van der Waals surface area contributed by atoms with Crippen LogP contribution in [0.2, 0.25) is 0 Å². The number of carbonyl (C=O) groups is 3. The van der Waals surface area contributed by atoms with E-state index in [0.29, 0.717) is 0 Å². The molecule has 2 aromatic rings. The van der Waals surface area contributed by atoms with E-state index in [-0.39, 0.29) is 15.7 Å².